The Morgan fingerprint density at radius 1 is 0.273 bits per heavy atom. The van der Waals surface area contributed by atoms with Gasteiger partial charge in [0.15, 0.2) is 0 Å². The van der Waals surface area contributed by atoms with E-state index in [9.17, 15) is 100 Å². The second kappa shape index (κ2) is 36.2. The zero-order valence-corrected chi connectivity index (χ0v) is 65.2. The Bertz CT molecular complexity index is 4700. The maximum absolute atomic E-state index is 14.0. The molecule has 44 heteroatoms. The van der Waals surface area contributed by atoms with Gasteiger partial charge in [0.05, 0.1) is 68.4 Å². The van der Waals surface area contributed by atoms with E-state index >= 15 is 0 Å². The van der Waals surface area contributed by atoms with Crippen LogP contribution >= 0.6 is 0 Å². The van der Waals surface area contributed by atoms with Gasteiger partial charge in [0.1, 0.15) is 9.79 Å². The van der Waals surface area contributed by atoms with E-state index in [1.54, 1.807) is 0 Å². The molecular weight excluding hydrogens is 1560 g/mol. The summed E-state index contributed by atoms with van der Waals surface area (Å²) in [6, 6.07) is 27.0. The van der Waals surface area contributed by atoms with Crippen LogP contribution in [-0.4, -0.2) is 249 Å². The Hall–Kier alpha value is -8.72. The Morgan fingerprint density at radius 2 is 0.445 bits per heavy atom. The molecule has 16 N–H and O–H groups in total. The molecule has 0 aliphatic carbocycles. The first-order valence-electron chi connectivity index (χ1n) is 33.5. The van der Waals surface area contributed by atoms with E-state index in [1.165, 1.54) is 165 Å². The Labute approximate surface area is 636 Å². The van der Waals surface area contributed by atoms with Crippen LogP contribution in [0.2, 0.25) is 0 Å². The van der Waals surface area contributed by atoms with Crippen LogP contribution in [-0.2, 0) is 60.3 Å². The summed E-state index contributed by atoms with van der Waals surface area (Å²) in [6.45, 7) is 7.76. The number of aliphatic hydroxyl groups is 8. The molecule has 0 aliphatic heterocycles. The van der Waals surface area contributed by atoms with Gasteiger partial charge in [0.2, 0.25) is 75.8 Å². The molecule has 8 aromatic rings. The molecule has 598 valence electrons. The lowest BCUT2D eigenvalue weighted by Gasteiger charge is -2.25. The van der Waals surface area contributed by atoms with Gasteiger partial charge in [0, 0.05) is 97.6 Å². The standard InChI is InChI=1S/C66H86N16O22S6/c1-39(83)31-79(32-40(2)84)105(91,92)53-17-9-13-47(25-53)67-61-73-62(68-48-14-10-18-54(26-48)106(93,94)80(33-41(3)85)34-42(4)86)76-65(75-61)71-51-21-23-57(59(29-51)109(99,100)101)58-24-22-52(30-60(58)110(102,103)104)72-66-77-63(69-49-15-11-19-55(27-49)107(95,96)81(35-43(5)87)36-44(6)88)74-64(78-66)70-50-16-12-20-56(28-50)108(97,98)82(37-45(7)89)38-46(8)90/h9-30,39-46,83-90H,31-38H2,1-8H3,(H,99,100,101)(H,102,103,104)(H3,67,68,71,73,75,76)(H3,69,70,72,74,77,78). The minimum Gasteiger partial charge on any atom is -0.392 e. The van der Waals surface area contributed by atoms with Crippen molar-refractivity contribution in [1.82, 2.24) is 47.1 Å². The van der Waals surface area contributed by atoms with Crippen molar-refractivity contribution < 1.29 is 100 Å². The Balaban J connectivity index is 1.19. The Kier molecular flexibility index (Phi) is 28.6. The van der Waals surface area contributed by atoms with Gasteiger partial charge in [-0.25, -0.2) is 33.7 Å². The van der Waals surface area contributed by atoms with Gasteiger partial charge < -0.3 is 72.8 Å². The van der Waals surface area contributed by atoms with Gasteiger partial charge in [0.25, 0.3) is 20.2 Å². The third-order valence-corrected chi connectivity index (χ3v) is 24.3. The minimum absolute atomic E-state index is 0.0309. The number of sulfonamides is 4. The van der Waals surface area contributed by atoms with Crippen LogP contribution in [0.25, 0.3) is 11.1 Å². The normalized spacial score (nSPS) is 14.9. The molecule has 2 heterocycles. The predicted octanol–water partition coefficient (Wildman–Crippen LogP) is 3.69. The molecule has 8 rings (SSSR count). The molecule has 0 fully saturated rings. The third-order valence-electron chi connectivity index (χ3n) is 15.2. The minimum atomic E-state index is -5.42. The molecule has 110 heavy (non-hydrogen) atoms. The average molecular weight is 1650 g/mol. The van der Waals surface area contributed by atoms with Gasteiger partial charge in [-0.1, -0.05) is 36.4 Å². The van der Waals surface area contributed by atoms with Crippen molar-refractivity contribution >= 4 is 130 Å². The Morgan fingerprint density at radius 3 is 0.609 bits per heavy atom. The van der Waals surface area contributed by atoms with Crippen LogP contribution in [0.3, 0.4) is 0 Å². The zero-order chi connectivity index (χ0) is 81.2. The largest absolute Gasteiger partial charge is 0.392 e. The highest BCUT2D eigenvalue weighted by atomic mass is 32.2. The van der Waals surface area contributed by atoms with E-state index in [-0.39, 0.29) is 130 Å². The van der Waals surface area contributed by atoms with E-state index < -0.39 is 142 Å². The highest BCUT2D eigenvalue weighted by Gasteiger charge is 2.33. The lowest BCUT2D eigenvalue weighted by atomic mass is 10.0. The van der Waals surface area contributed by atoms with Gasteiger partial charge in [-0.3, -0.25) is 9.11 Å². The molecule has 0 saturated heterocycles. The van der Waals surface area contributed by atoms with Gasteiger partial charge >= 0.3 is 0 Å². The van der Waals surface area contributed by atoms with Crippen LogP contribution in [0.15, 0.2) is 163 Å². The number of aliphatic hydroxyl groups excluding tert-OH is 8. The quantitative estimate of drug-likeness (QED) is 0.0244. The number of hydrogen-bond donors (Lipinski definition) is 16. The third kappa shape index (κ3) is 23.7. The van der Waals surface area contributed by atoms with Crippen molar-refractivity contribution in [1.29, 1.82) is 0 Å². The van der Waals surface area contributed by atoms with E-state index in [0.29, 0.717) is 0 Å². The maximum Gasteiger partial charge on any atom is 0.295 e. The lowest BCUT2D eigenvalue weighted by Crippen LogP contribution is -2.40. The fourth-order valence-corrected chi connectivity index (χ4v) is 19.0. The summed E-state index contributed by atoms with van der Waals surface area (Å²) in [7, 11) is -28.5. The molecule has 8 atom stereocenters. The number of anilines is 12. The fourth-order valence-electron chi connectivity index (χ4n) is 10.9. The monoisotopic (exact) mass is 1650 g/mol. The van der Waals surface area contributed by atoms with E-state index in [2.05, 4.69) is 61.8 Å². The van der Waals surface area contributed by atoms with Gasteiger partial charge in [-0.15, -0.1) is 0 Å². The number of rotatable bonds is 39. The molecular formula is C66H86N16O22S6. The summed E-state index contributed by atoms with van der Waals surface area (Å²) >= 11 is 0. The van der Waals surface area contributed by atoms with Crippen LogP contribution in [0.1, 0.15) is 55.4 Å². The first kappa shape index (κ1) is 86.9. The molecule has 38 nitrogen and oxygen atoms in total. The molecule has 0 saturated carbocycles. The fraction of sp³-hybridized carbons (Fsp3) is 0.364. The molecule has 8 unspecified atom stereocenters. The second-order valence-corrected chi connectivity index (χ2v) is 36.5. The molecule has 0 radical (unpaired) electrons. The number of hydrogen-bond acceptors (Lipinski definition) is 32. The number of nitrogens with one attached hydrogen (secondary N) is 6. The summed E-state index contributed by atoms with van der Waals surface area (Å²) in [5, 5.41) is 98.5. The molecule has 0 amide bonds. The summed E-state index contributed by atoms with van der Waals surface area (Å²) in [6.07, 6.45) is -9.14. The van der Waals surface area contributed by atoms with Gasteiger partial charge in [-0.2, -0.15) is 64.0 Å². The molecule has 0 aliphatic rings. The second-order valence-electron chi connectivity index (χ2n) is 25.9. The summed E-state index contributed by atoms with van der Waals surface area (Å²) < 4.78 is 191. The van der Waals surface area contributed by atoms with Crippen molar-refractivity contribution in [2.45, 2.75) is 134 Å². The van der Waals surface area contributed by atoms with Crippen molar-refractivity contribution in [2.24, 2.45) is 0 Å². The van der Waals surface area contributed by atoms with Crippen LogP contribution in [0.5, 0.6) is 0 Å². The smallest absolute Gasteiger partial charge is 0.295 e. The highest BCUT2D eigenvalue weighted by Crippen LogP contribution is 2.38. The number of nitrogens with zero attached hydrogens (tertiary/aromatic N) is 10. The molecule has 2 aromatic heterocycles. The van der Waals surface area contributed by atoms with E-state index in [4.69, 9.17) is 0 Å². The van der Waals surface area contributed by atoms with E-state index in [1.807, 2.05) is 0 Å². The predicted molar refractivity (Wildman–Crippen MR) is 405 cm³/mol. The topological polar surface area (TPSA) is 570 Å². The van der Waals surface area contributed by atoms with Gasteiger partial charge in [-0.05, 0) is 152 Å². The summed E-state index contributed by atoms with van der Waals surface area (Å²) in [4.78, 5) is 23.2. The van der Waals surface area contributed by atoms with Crippen LogP contribution in [0, 0.1) is 0 Å². The SMILES string of the molecule is CC(O)CN(CC(C)O)S(=O)(=O)c1cccc(Nc2nc(Nc3cccc(S(=O)(=O)N(CC(C)O)CC(C)O)c3)nc(Nc3ccc(-c4ccc(Nc5nc(Nc6cccc(S(=O)(=O)N(CC(C)O)CC(C)O)c6)nc(Nc6cccc(S(=O)(=O)N(CC(C)O)CC(C)O)c6)n5)cc4S(=O)(=O)O)c(S(=O)(=O)O)c3)n2)c1. The number of benzene rings is 6. The average Bonchev–Trinajstić information content (AvgIpc) is 0.764. The van der Waals surface area contributed by atoms with Crippen molar-refractivity contribution in [3.63, 3.8) is 0 Å². The molecule has 0 spiro atoms. The first-order valence-corrected chi connectivity index (χ1v) is 42.1. The van der Waals surface area contributed by atoms with Crippen molar-refractivity contribution in [3.8, 4) is 11.1 Å². The lowest BCUT2D eigenvalue weighted by molar-refractivity contribution is 0.124. The maximum atomic E-state index is 14.0. The number of aromatic nitrogens is 6. The molecule has 6 aromatic carbocycles. The first-order chi connectivity index (χ1) is 51.3. The highest BCUT2D eigenvalue weighted by molar-refractivity contribution is 7.90. The van der Waals surface area contributed by atoms with Crippen molar-refractivity contribution in [3.05, 3.63) is 133 Å². The molecule has 0 bridgehead atoms. The van der Waals surface area contributed by atoms with Crippen LogP contribution < -0.4 is 31.9 Å². The van der Waals surface area contributed by atoms with Crippen molar-refractivity contribution in [2.75, 3.05) is 84.3 Å². The van der Waals surface area contributed by atoms with E-state index in [0.717, 1.165) is 41.5 Å². The van der Waals surface area contributed by atoms with Crippen LogP contribution in [0.4, 0.5) is 69.8 Å². The summed E-state index contributed by atoms with van der Waals surface area (Å²) in [5.74, 6) is -2.32. The zero-order valence-electron chi connectivity index (χ0n) is 60.3. The summed E-state index contributed by atoms with van der Waals surface area (Å²) in [5.41, 5.74) is -1.42.